The van der Waals surface area contributed by atoms with Gasteiger partial charge in [0.25, 0.3) is 0 Å². The molecule has 16 atom stereocenters. The second kappa shape index (κ2) is 16.7. The van der Waals surface area contributed by atoms with E-state index in [0.717, 1.165) is 11.1 Å². The average molecular weight is 795 g/mol. The number of allylic oxidation sites excluding steroid dienone is 1. The number of aliphatic hydroxyl groups is 6. The fraction of sp³-hybridized carbons (Fsp3) is 0.833. The Bertz CT molecular complexity index is 1520. The minimum absolute atomic E-state index is 0.0505. The maximum Gasteiger partial charge on any atom is 0.303 e. The smallest absolute Gasteiger partial charge is 0.303 e. The lowest BCUT2D eigenvalue weighted by Crippen LogP contribution is -2.60. The van der Waals surface area contributed by atoms with Crippen LogP contribution in [0, 0.1) is 39.9 Å². The first-order chi connectivity index (χ1) is 26.0. The Labute approximate surface area is 330 Å². The Morgan fingerprint density at radius 2 is 1.59 bits per heavy atom. The SMILES string of the molecule is CC(=O)OC1CC2C(=CC(OC(C)=O)C3(C)C(C(C)CCC=C(C)COC4OC(CO)C(O)C(O)C4O)C(O)CC23C)CC2(O)CCC(OC(C)=O)C(C)(C)C12. The van der Waals surface area contributed by atoms with Crippen molar-refractivity contribution in [3.05, 3.63) is 23.3 Å². The monoisotopic (exact) mass is 794 g/mol. The van der Waals surface area contributed by atoms with Crippen molar-refractivity contribution in [1.82, 2.24) is 0 Å². The number of ether oxygens (including phenoxy) is 5. The number of hydrogen-bond acceptors (Lipinski definition) is 14. The molecule has 16 unspecified atom stereocenters. The predicted molar refractivity (Wildman–Crippen MR) is 201 cm³/mol. The summed E-state index contributed by atoms with van der Waals surface area (Å²) in [7, 11) is 0. The molecule has 1 heterocycles. The number of carbonyl (C=O) groups is 3. The zero-order valence-corrected chi connectivity index (χ0v) is 34.5. The molecule has 0 aromatic carbocycles. The predicted octanol–water partition coefficient (Wildman–Crippen LogP) is 2.87. The number of aliphatic hydroxyl groups excluding tert-OH is 5. The Balaban J connectivity index is 1.41. The summed E-state index contributed by atoms with van der Waals surface area (Å²) in [5.74, 6) is -2.52. The van der Waals surface area contributed by atoms with Gasteiger partial charge in [0.1, 0.15) is 42.7 Å². The molecule has 318 valence electrons. The zero-order chi connectivity index (χ0) is 41.7. The molecule has 14 heteroatoms. The first-order valence-corrected chi connectivity index (χ1v) is 20.2. The van der Waals surface area contributed by atoms with Gasteiger partial charge in [0.05, 0.1) is 24.9 Å². The van der Waals surface area contributed by atoms with E-state index in [2.05, 4.69) is 20.8 Å². The molecule has 5 rings (SSSR count). The van der Waals surface area contributed by atoms with Crippen LogP contribution in [0.5, 0.6) is 0 Å². The molecule has 0 aromatic heterocycles. The van der Waals surface area contributed by atoms with Gasteiger partial charge < -0.3 is 54.3 Å². The highest BCUT2D eigenvalue weighted by Crippen LogP contribution is 2.70. The van der Waals surface area contributed by atoms with Gasteiger partial charge in [-0.1, -0.05) is 51.8 Å². The third-order valence-corrected chi connectivity index (χ3v) is 14.5. The lowest BCUT2D eigenvalue weighted by Gasteiger charge is -2.56. The van der Waals surface area contributed by atoms with Gasteiger partial charge in [-0.3, -0.25) is 14.4 Å². The molecular formula is C42H66O14. The molecule has 56 heavy (non-hydrogen) atoms. The van der Waals surface area contributed by atoms with E-state index in [1.165, 1.54) is 20.8 Å². The van der Waals surface area contributed by atoms with Crippen molar-refractivity contribution in [3.63, 3.8) is 0 Å². The topological polar surface area (TPSA) is 219 Å². The number of rotatable bonds is 11. The summed E-state index contributed by atoms with van der Waals surface area (Å²) in [5.41, 5.74) is -1.74. The molecule has 1 aliphatic heterocycles. The van der Waals surface area contributed by atoms with E-state index in [9.17, 15) is 45.0 Å². The largest absolute Gasteiger partial charge is 0.462 e. The molecular weight excluding hydrogens is 728 g/mol. The van der Waals surface area contributed by atoms with Crippen molar-refractivity contribution in [2.45, 2.75) is 168 Å². The molecule has 3 saturated carbocycles. The van der Waals surface area contributed by atoms with Gasteiger partial charge in [-0.25, -0.2) is 0 Å². The molecule has 1 saturated heterocycles. The van der Waals surface area contributed by atoms with Crippen LogP contribution in [0.3, 0.4) is 0 Å². The van der Waals surface area contributed by atoms with Crippen LogP contribution in [0.25, 0.3) is 0 Å². The summed E-state index contributed by atoms with van der Waals surface area (Å²) in [6, 6.07) is 0. The van der Waals surface area contributed by atoms with Gasteiger partial charge in [0.15, 0.2) is 6.29 Å². The van der Waals surface area contributed by atoms with Crippen molar-refractivity contribution >= 4 is 17.9 Å². The molecule has 0 spiro atoms. The molecule has 4 fully saturated rings. The Hall–Kier alpha value is -2.43. The van der Waals surface area contributed by atoms with Crippen LogP contribution in [-0.2, 0) is 38.1 Å². The van der Waals surface area contributed by atoms with Crippen LogP contribution in [0.4, 0.5) is 0 Å². The summed E-state index contributed by atoms with van der Waals surface area (Å²) >= 11 is 0. The van der Waals surface area contributed by atoms with Crippen LogP contribution in [0.2, 0.25) is 0 Å². The third kappa shape index (κ3) is 8.10. The van der Waals surface area contributed by atoms with Gasteiger partial charge in [0.2, 0.25) is 0 Å². The van der Waals surface area contributed by atoms with Crippen LogP contribution in [0.15, 0.2) is 23.3 Å². The van der Waals surface area contributed by atoms with Crippen LogP contribution >= 0.6 is 0 Å². The lowest BCUT2D eigenvalue weighted by atomic mass is 9.49. The van der Waals surface area contributed by atoms with E-state index in [-0.39, 0.29) is 30.8 Å². The molecule has 0 bridgehead atoms. The maximum atomic E-state index is 12.8. The highest BCUT2D eigenvalue weighted by Gasteiger charge is 2.70. The van der Waals surface area contributed by atoms with Crippen molar-refractivity contribution in [1.29, 1.82) is 0 Å². The Morgan fingerprint density at radius 1 is 0.946 bits per heavy atom. The summed E-state index contributed by atoms with van der Waals surface area (Å²) in [5, 5.41) is 64.7. The first-order valence-electron chi connectivity index (χ1n) is 20.2. The molecule has 4 aliphatic carbocycles. The summed E-state index contributed by atoms with van der Waals surface area (Å²) < 4.78 is 29.3. The van der Waals surface area contributed by atoms with E-state index < -0.39 is 107 Å². The van der Waals surface area contributed by atoms with Crippen LogP contribution in [-0.4, -0.2) is 122 Å². The van der Waals surface area contributed by atoms with E-state index in [0.29, 0.717) is 38.5 Å². The normalized spacial score (nSPS) is 43.9. The molecule has 0 amide bonds. The van der Waals surface area contributed by atoms with Gasteiger partial charge in [-0.15, -0.1) is 0 Å². The average Bonchev–Trinajstić information content (AvgIpc) is 3.21. The summed E-state index contributed by atoms with van der Waals surface area (Å²) in [6.07, 6.45) is -2.45. The van der Waals surface area contributed by atoms with Crippen LogP contribution in [0.1, 0.15) is 107 Å². The highest BCUT2D eigenvalue weighted by atomic mass is 16.7. The quantitative estimate of drug-likeness (QED) is 0.101. The number of hydrogen-bond donors (Lipinski definition) is 6. The van der Waals surface area contributed by atoms with Crippen molar-refractivity contribution in [2.24, 2.45) is 39.9 Å². The van der Waals surface area contributed by atoms with Gasteiger partial charge >= 0.3 is 17.9 Å². The number of esters is 3. The first kappa shape index (κ1) is 44.7. The Kier molecular flexibility index (Phi) is 13.3. The minimum Gasteiger partial charge on any atom is -0.462 e. The Morgan fingerprint density at radius 3 is 2.20 bits per heavy atom. The second-order valence-corrected chi connectivity index (χ2v) is 18.5. The summed E-state index contributed by atoms with van der Waals surface area (Å²) in [6.45, 7) is 15.7. The molecule has 14 nitrogen and oxygen atoms in total. The zero-order valence-electron chi connectivity index (χ0n) is 34.5. The van der Waals surface area contributed by atoms with Crippen molar-refractivity contribution in [2.75, 3.05) is 13.2 Å². The lowest BCUT2D eigenvalue weighted by molar-refractivity contribution is -0.299. The van der Waals surface area contributed by atoms with E-state index in [1.54, 1.807) is 0 Å². The summed E-state index contributed by atoms with van der Waals surface area (Å²) in [4.78, 5) is 37.7. The second-order valence-electron chi connectivity index (χ2n) is 18.5. The fourth-order valence-electron chi connectivity index (χ4n) is 11.9. The van der Waals surface area contributed by atoms with Gasteiger partial charge in [-0.05, 0) is 81.1 Å². The number of fused-ring (bicyclic) bond motifs is 4. The van der Waals surface area contributed by atoms with E-state index in [4.69, 9.17) is 23.7 Å². The molecule has 5 aliphatic rings. The standard InChI is InChI=1S/C42H66O14/c1-21(20-52-38-36(50)35(49)34(48)30(19-43)56-38)11-10-12-22(2)33-28(47)18-40(8)27-16-29(53-23(3)44)37-39(6,7)31(54-24(4)45)13-14-42(37,51)17-26(27)15-32(41(33,40)9)55-25(5)46/h11,15,22,27-38,43,47-51H,10,12-14,16-20H2,1-9H3. The maximum absolute atomic E-state index is 12.8. The number of carbonyl (C=O) groups excluding carboxylic acids is 3. The fourth-order valence-corrected chi connectivity index (χ4v) is 11.9. The van der Waals surface area contributed by atoms with Gasteiger partial charge in [0, 0.05) is 37.5 Å². The van der Waals surface area contributed by atoms with Crippen molar-refractivity contribution in [3.8, 4) is 0 Å². The van der Waals surface area contributed by atoms with Crippen molar-refractivity contribution < 1.29 is 68.7 Å². The highest BCUT2D eigenvalue weighted by molar-refractivity contribution is 5.67. The van der Waals surface area contributed by atoms with E-state index >= 15 is 0 Å². The minimum atomic E-state index is -1.53. The van der Waals surface area contributed by atoms with Gasteiger partial charge in [-0.2, -0.15) is 0 Å². The molecule has 0 radical (unpaired) electrons. The van der Waals surface area contributed by atoms with Crippen LogP contribution < -0.4 is 0 Å². The van der Waals surface area contributed by atoms with E-state index in [1.807, 2.05) is 32.9 Å². The third-order valence-electron chi connectivity index (χ3n) is 14.5. The molecule has 6 N–H and O–H groups in total. The molecule has 0 aromatic rings.